The monoisotopic (exact) mass is 309 g/mol. The fourth-order valence-electron chi connectivity index (χ4n) is 2.64. The van der Waals surface area contributed by atoms with Crippen molar-refractivity contribution in [3.8, 4) is 6.07 Å². The van der Waals surface area contributed by atoms with Gasteiger partial charge in [0.05, 0.1) is 6.07 Å². The summed E-state index contributed by atoms with van der Waals surface area (Å²) in [5.74, 6) is 0.00482. The first-order chi connectivity index (χ1) is 10.3. The van der Waals surface area contributed by atoms with Crippen molar-refractivity contribution < 1.29 is 14.3 Å². The molecular formula is C16H27N3O3. The number of nitrogens with zero attached hydrogens (tertiary/aromatic N) is 1. The SMILES string of the molecule is CC(C)(C)NC(=O)O[C@@H](CC1CCCCC1)C(=O)NCC#N. The number of hydrogen-bond donors (Lipinski definition) is 2. The van der Waals surface area contributed by atoms with E-state index in [-0.39, 0.29) is 6.54 Å². The summed E-state index contributed by atoms with van der Waals surface area (Å²) in [5.41, 5.74) is -0.421. The fraction of sp³-hybridized carbons (Fsp3) is 0.812. The zero-order valence-corrected chi connectivity index (χ0v) is 13.8. The van der Waals surface area contributed by atoms with Crippen LogP contribution in [0.15, 0.2) is 0 Å². The van der Waals surface area contributed by atoms with E-state index in [0.29, 0.717) is 12.3 Å². The molecule has 1 aliphatic carbocycles. The Kier molecular flexibility index (Phi) is 7.16. The van der Waals surface area contributed by atoms with E-state index < -0.39 is 23.6 Å². The van der Waals surface area contributed by atoms with E-state index in [0.717, 1.165) is 25.7 Å². The zero-order chi connectivity index (χ0) is 16.6. The van der Waals surface area contributed by atoms with Gasteiger partial charge in [-0.15, -0.1) is 0 Å². The van der Waals surface area contributed by atoms with E-state index >= 15 is 0 Å². The maximum atomic E-state index is 12.1. The number of ether oxygens (including phenoxy) is 1. The van der Waals surface area contributed by atoms with Gasteiger partial charge in [-0.1, -0.05) is 32.1 Å². The van der Waals surface area contributed by atoms with Crippen molar-refractivity contribution >= 4 is 12.0 Å². The number of hydrogen-bond acceptors (Lipinski definition) is 4. The lowest BCUT2D eigenvalue weighted by Gasteiger charge is -2.27. The lowest BCUT2D eigenvalue weighted by atomic mass is 9.85. The number of carbonyl (C=O) groups is 2. The highest BCUT2D eigenvalue weighted by atomic mass is 16.6. The number of carbonyl (C=O) groups excluding carboxylic acids is 2. The van der Waals surface area contributed by atoms with Crippen molar-refractivity contribution in [1.82, 2.24) is 10.6 Å². The number of amides is 2. The molecule has 0 saturated heterocycles. The highest BCUT2D eigenvalue weighted by molar-refractivity contribution is 5.83. The van der Waals surface area contributed by atoms with Crippen LogP contribution in [-0.4, -0.2) is 30.2 Å². The first kappa shape index (κ1) is 18.3. The molecular weight excluding hydrogens is 282 g/mol. The molecule has 0 heterocycles. The number of alkyl carbamates (subject to hydrolysis) is 1. The Morgan fingerprint density at radius 3 is 2.45 bits per heavy atom. The van der Waals surface area contributed by atoms with E-state index in [2.05, 4.69) is 10.6 Å². The summed E-state index contributed by atoms with van der Waals surface area (Å²) in [5, 5.41) is 13.7. The van der Waals surface area contributed by atoms with Crippen LogP contribution >= 0.6 is 0 Å². The Morgan fingerprint density at radius 1 is 1.27 bits per heavy atom. The van der Waals surface area contributed by atoms with Crippen LogP contribution in [0, 0.1) is 17.2 Å². The molecule has 2 N–H and O–H groups in total. The van der Waals surface area contributed by atoms with E-state index in [1.165, 1.54) is 6.42 Å². The van der Waals surface area contributed by atoms with E-state index in [1.807, 2.05) is 26.8 Å². The standard InChI is InChI=1S/C16H27N3O3/c1-16(2,3)19-15(21)22-13(14(20)18-10-9-17)11-12-7-5-4-6-8-12/h12-13H,4-8,10-11H2,1-3H3,(H,18,20)(H,19,21)/t13-/m0/s1. The molecule has 0 bridgehead atoms. The Morgan fingerprint density at radius 2 is 1.91 bits per heavy atom. The molecule has 1 fully saturated rings. The maximum absolute atomic E-state index is 12.1. The van der Waals surface area contributed by atoms with Crippen LogP contribution < -0.4 is 10.6 Å². The van der Waals surface area contributed by atoms with Crippen molar-refractivity contribution in [1.29, 1.82) is 5.26 Å². The maximum Gasteiger partial charge on any atom is 0.408 e. The van der Waals surface area contributed by atoms with Crippen molar-refractivity contribution in [3.05, 3.63) is 0 Å². The second kappa shape index (κ2) is 8.62. The molecule has 0 aliphatic heterocycles. The molecule has 6 nitrogen and oxygen atoms in total. The summed E-state index contributed by atoms with van der Waals surface area (Å²) in [6.45, 7) is 5.46. The molecule has 1 aliphatic rings. The molecule has 0 unspecified atom stereocenters. The van der Waals surface area contributed by atoms with Gasteiger partial charge in [0.15, 0.2) is 6.10 Å². The molecule has 0 aromatic rings. The average molecular weight is 309 g/mol. The molecule has 1 atom stereocenters. The van der Waals surface area contributed by atoms with Gasteiger partial charge < -0.3 is 15.4 Å². The summed E-state index contributed by atoms with van der Waals surface area (Å²) in [6.07, 6.45) is 4.76. The second-order valence-corrected chi connectivity index (χ2v) is 6.88. The van der Waals surface area contributed by atoms with Gasteiger partial charge in [0.1, 0.15) is 6.54 Å². The molecule has 1 saturated carbocycles. The summed E-state index contributed by atoms with van der Waals surface area (Å²) in [4.78, 5) is 24.0. The van der Waals surface area contributed by atoms with Crippen LogP contribution in [0.2, 0.25) is 0 Å². The number of rotatable bonds is 5. The molecule has 22 heavy (non-hydrogen) atoms. The third-order valence-corrected chi connectivity index (χ3v) is 3.63. The third-order valence-electron chi connectivity index (χ3n) is 3.63. The van der Waals surface area contributed by atoms with E-state index in [4.69, 9.17) is 10.00 Å². The summed E-state index contributed by atoms with van der Waals surface area (Å²) in [6, 6.07) is 1.86. The van der Waals surface area contributed by atoms with E-state index in [1.54, 1.807) is 0 Å². The van der Waals surface area contributed by atoms with Gasteiger partial charge in [0.2, 0.25) is 0 Å². The van der Waals surface area contributed by atoms with Crippen molar-refractivity contribution in [2.45, 2.75) is 70.9 Å². The Hall–Kier alpha value is -1.77. The Balaban J connectivity index is 2.62. The normalized spacial score (nSPS) is 17.2. The van der Waals surface area contributed by atoms with Crippen LogP contribution in [0.25, 0.3) is 0 Å². The largest absolute Gasteiger partial charge is 0.436 e. The molecule has 0 aromatic heterocycles. The summed E-state index contributed by atoms with van der Waals surface area (Å²) >= 11 is 0. The third kappa shape index (κ3) is 7.30. The molecule has 2 amide bonds. The highest BCUT2D eigenvalue weighted by Gasteiger charge is 2.28. The minimum absolute atomic E-state index is 0.0791. The molecule has 6 heteroatoms. The van der Waals surface area contributed by atoms with Gasteiger partial charge in [0.25, 0.3) is 5.91 Å². The quantitative estimate of drug-likeness (QED) is 0.763. The summed E-state index contributed by atoms with van der Waals surface area (Å²) < 4.78 is 5.32. The predicted molar refractivity (Wildman–Crippen MR) is 83.0 cm³/mol. The topological polar surface area (TPSA) is 91.2 Å². The minimum atomic E-state index is -0.834. The van der Waals surface area contributed by atoms with Gasteiger partial charge in [-0.25, -0.2) is 4.79 Å². The molecule has 124 valence electrons. The Bertz CT molecular complexity index is 417. The summed E-state index contributed by atoms with van der Waals surface area (Å²) in [7, 11) is 0. The van der Waals surface area contributed by atoms with Gasteiger partial charge in [0, 0.05) is 5.54 Å². The van der Waals surface area contributed by atoms with Gasteiger partial charge in [-0.05, 0) is 33.1 Å². The number of nitriles is 1. The van der Waals surface area contributed by atoms with Crippen molar-refractivity contribution in [2.24, 2.45) is 5.92 Å². The van der Waals surface area contributed by atoms with E-state index in [9.17, 15) is 9.59 Å². The average Bonchev–Trinajstić information content (AvgIpc) is 2.43. The molecule has 1 rings (SSSR count). The lowest BCUT2D eigenvalue weighted by molar-refractivity contribution is -0.130. The predicted octanol–water partition coefficient (Wildman–Crippen LogP) is 2.49. The first-order valence-electron chi connectivity index (χ1n) is 7.95. The smallest absolute Gasteiger partial charge is 0.408 e. The van der Waals surface area contributed by atoms with Gasteiger partial charge in [-0.3, -0.25) is 4.79 Å². The second-order valence-electron chi connectivity index (χ2n) is 6.88. The van der Waals surface area contributed by atoms with Crippen molar-refractivity contribution in [3.63, 3.8) is 0 Å². The van der Waals surface area contributed by atoms with Crippen LogP contribution in [0.3, 0.4) is 0 Å². The molecule has 0 spiro atoms. The number of nitrogens with one attached hydrogen (secondary N) is 2. The van der Waals surface area contributed by atoms with Gasteiger partial charge in [-0.2, -0.15) is 5.26 Å². The zero-order valence-electron chi connectivity index (χ0n) is 13.8. The Labute approximate surface area is 132 Å². The van der Waals surface area contributed by atoms with Gasteiger partial charge >= 0.3 is 6.09 Å². The van der Waals surface area contributed by atoms with Crippen LogP contribution in [0.4, 0.5) is 4.79 Å². The van der Waals surface area contributed by atoms with Crippen LogP contribution in [0.1, 0.15) is 59.3 Å². The van der Waals surface area contributed by atoms with Crippen LogP contribution in [-0.2, 0) is 9.53 Å². The fourth-order valence-corrected chi connectivity index (χ4v) is 2.64. The minimum Gasteiger partial charge on any atom is -0.436 e. The van der Waals surface area contributed by atoms with Crippen LogP contribution in [0.5, 0.6) is 0 Å². The van der Waals surface area contributed by atoms with Crippen molar-refractivity contribution in [2.75, 3.05) is 6.54 Å². The molecule has 0 radical (unpaired) electrons. The molecule has 0 aromatic carbocycles. The highest BCUT2D eigenvalue weighted by Crippen LogP contribution is 2.28. The first-order valence-corrected chi connectivity index (χ1v) is 7.95. The lowest BCUT2D eigenvalue weighted by Crippen LogP contribution is -2.46.